The zero-order chi connectivity index (χ0) is 22.8. The molecule has 2 amide bonds. The van der Waals surface area contributed by atoms with Gasteiger partial charge in [0.25, 0.3) is 5.91 Å². The number of benzene rings is 2. The predicted octanol–water partition coefficient (Wildman–Crippen LogP) is 4.70. The molecule has 0 radical (unpaired) electrons. The molecule has 1 saturated carbocycles. The Hall–Kier alpha value is -3.19. The first kappa shape index (κ1) is 21.6. The Kier molecular flexibility index (Phi) is 6.13. The maximum Gasteiger partial charge on any atom is 0.254 e. The van der Waals surface area contributed by atoms with E-state index in [9.17, 15) is 14.0 Å². The van der Waals surface area contributed by atoms with Crippen LogP contribution in [0, 0.1) is 5.82 Å². The van der Waals surface area contributed by atoms with Crippen LogP contribution in [0.1, 0.15) is 39.7 Å². The monoisotopic (exact) mass is 464 g/mol. The van der Waals surface area contributed by atoms with Crippen molar-refractivity contribution in [1.82, 2.24) is 9.80 Å². The Bertz CT molecular complexity index is 1130. The zero-order valence-electron chi connectivity index (χ0n) is 18.2. The Morgan fingerprint density at radius 3 is 2.55 bits per heavy atom. The van der Waals surface area contributed by atoms with Crippen molar-refractivity contribution in [3.8, 4) is 5.75 Å². The normalized spacial score (nSPS) is 17.4. The number of carbonyl (C=O) groups excluding carboxylic acids is 2. The van der Waals surface area contributed by atoms with E-state index >= 15 is 0 Å². The summed E-state index contributed by atoms with van der Waals surface area (Å²) in [5.74, 6) is 0.0622. The SMILES string of the molecule is O=C(c1ccc(F)cc1)N(CC(=O)N1CCc2sccc2[C@@H]1COc1ccccc1)C1CC1. The molecular weight excluding hydrogens is 439 g/mol. The first-order valence-electron chi connectivity index (χ1n) is 11.2. The van der Waals surface area contributed by atoms with Crippen molar-refractivity contribution in [1.29, 1.82) is 0 Å². The number of hydrogen-bond donors (Lipinski definition) is 0. The zero-order valence-corrected chi connectivity index (χ0v) is 19.0. The molecule has 3 aromatic rings. The molecule has 1 aliphatic carbocycles. The molecule has 5 rings (SSSR count). The van der Waals surface area contributed by atoms with E-state index < -0.39 is 0 Å². The summed E-state index contributed by atoms with van der Waals surface area (Å²) in [6, 6.07) is 17.0. The van der Waals surface area contributed by atoms with Crippen LogP contribution in [0.4, 0.5) is 4.39 Å². The van der Waals surface area contributed by atoms with Crippen LogP contribution in [0.3, 0.4) is 0 Å². The third kappa shape index (κ3) is 4.78. The summed E-state index contributed by atoms with van der Waals surface area (Å²) in [6.45, 7) is 0.968. The quantitative estimate of drug-likeness (QED) is 0.510. The van der Waals surface area contributed by atoms with Crippen molar-refractivity contribution in [2.75, 3.05) is 19.7 Å². The van der Waals surface area contributed by atoms with Crippen molar-refractivity contribution in [3.63, 3.8) is 0 Å². The number of hydrogen-bond acceptors (Lipinski definition) is 4. The van der Waals surface area contributed by atoms with Gasteiger partial charge in [0, 0.05) is 23.0 Å². The minimum absolute atomic E-state index is 0.0161. The van der Waals surface area contributed by atoms with Crippen molar-refractivity contribution in [2.24, 2.45) is 0 Å². The van der Waals surface area contributed by atoms with E-state index in [1.165, 1.54) is 29.1 Å². The van der Waals surface area contributed by atoms with Crippen molar-refractivity contribution in [2.45, 2.75) is 31.3 Å². The average molecular weight is 465 g/mol. The Morgan fingerprint density at radius 2 is 1.82 bits per heavy atom. The van der Waals surface area contributed by atoms with E-state index in [-0.39, 0.29) is 36.3 Å². The molecule has 5 nitrogen and oxygen atoms in total. The van der Waals surface area contributed by atoms with Crippen molar-refractivity contribution >= 4 is 23.2 Å². The van der Waals surface area contributed by atoms with E-state index in [0.29, 0.717) is 18.7 Å². The summed E-state index contributed by atoms with van der Waals surface area (Å²) in [5, 5.41) is 2.06. The van der Waals surface area contributed by atoms with E-state index in [0.717, 1.165) is 30.6 Å². The highest BCUT2D eigenvalue weighted by Crippen LogP contribution is 2.35. The molecule has 2 aliphatic rings. The fourth-order valence-corrected chi connectivity index (χ4v) is 5.24. The van der Waals surface area contributed by atoms with Crippen molar-refractivity contribution < 1.29 is 18.7 Å². The molecule has 0 N–H and O–H groups in total. The summed E-state index contributed by atoms with van der Waals surface area (Å²) < 4.78 is 19.4. The van der Waals surface area contributed by atoms with Crippen LogP contribution < -0.4 is 4.74 Å². The van der Waals surface area contributed by atoms with Gasteiger partial charge in [-0.25, -0.2) is 4.39 Å². The van der Waals surface area contributed by atoms with E-state index in [2.05, 4.69) is 11.4 Å². The second-order valence-corrected chi connectivity index (χ2v) is 9.45. The molecule has 7 heteroatoms. The van der Waals surface area contributed by atoms with Gasteiger partial charge >= 0.3 is 0 Å². The third-order valence-corrected chi connectivity index (χ3v) is 7.21. The van der Waals surface area contributed by atoms with Gasteiger partial charge in [-0.05, 0) is 72.7 Å². The van der Waals surface area contributed by atoms with Crippen LogP contribution in [-0.2, 0) is 11.2 Å². The lowest BCUT2D eigenvalue weighted by atomic mass is 10.0. The summed E-state index contributed by atoms with van der Waals surface area (Å²) in [7, 11) is 0. The molecule has 2 aromatic carbocycles. The smallest absolute Gasteiger partial charge is 0.254 e. The molecule has 1 fully saturated rings. The number of thiophene rings is 1. The van der Waals surface area contributed by atoms with Gasteiger partial charge in [0.05, 0.1) is 6.04 Å². The second-order valence-electron chi connectivity index (χ2n) is 8.45. The lowest BCUT2D eigenvalue weighted by Crippen LogP contribution is -2.48. The van der Waals surface area contributed by atoms with Gasteiger partial charge in [-0.2, -0.15) is 0 Å². The Balaban J connectivity index is 1.34. The molecule has 0 saturated heterocycles. The molecule has 1 aromatic heterocycles. The van der Waals surface area contributed by atoms with Crippen LogP contribution in [0.25, 0.3) is 0 Å². The molecule has 0 bridgehead atoms. The van der Waals surface area contributed by atoms with Gasteiger partial charge in [-0.3, -0.25) is 9.59 Å². The molecule has 1 aliphatic heterocycles. The lowest BCUT2D eigenvalue weighted by Gasteiger charge is -2.37. The lowest BCUT2D eigenvalue weighted by molar-refractivity contribution is -0.135. The number of fused-ring (bicyclic) bond motifs is 1. The van der Waals surface area contributed by atoms with E-state index in [1.54, 1.807) is 16.2 Å². The van der Waals surface area contributed by atoms with Crippen LogP contribution in [0.2, 0.25) is 0 Å². The second kappa shape index (κ2) is 9.35. The van der Waals surface area contributed by atoms with Crippen LogP contribution >= 0.6 is 11.3 Å². The topological polar surface area (TPSA) is 49.9 Å². The first-order chi connectivity index (χ1) is 16.1. The molecular formula is C26H25FN2O3S. The highest BCUT2D eigenvalue weighted by Gasteiger charge is 2.38. The summed E-state index contributed by atoms with van der Waals surface area (Å²) in [5.41, 5.74) is 1.53. The molecule has 33 heavy (non-hydrogen) atoms. The van der Waals surface area contributed by atoms with Gasteiger partial charge in [0.1, 0.15) is 24.7 Å². The number of ether oxygens (including phenoxy) is 1. The summed E-state index contributed by atoms with van der Waals surface area (Å²) in [6.07, 6.45) is 2.57. The maximum atomic E-state index is 13.5. The van der Waals surface area contributed by atoms with E-state index in [1.807, 2.05) is 35.2 Å². The molecule has 2 heterocycles. The highest BCUT2D eigenvalue weighted by atomic mass is 32.1. The number of para-hydroxylation sites is 1. The standard InChI is InChI=1S/C26H25FN2O3S/c27-19-8-6-18(7-9-19)26(31)29(20-10-11-20)16-25(30)28-14-12-24-22(13-15-33-24)23(28)17-32-21-4-2-1-3-5-21/h1-9,13,15,20,23H,10-12,14,16-17H2/t23-/m0/s1. The number of rotatable bonds is 7. The van der Waals surface area contributed by atoms with Gasteiger partial charge in [0.2, 0.25) is 5.91 Å². The van der Waals surface area contributed by atoms with Crippen LogP contribution in [0.5, 0.6) is 5.75 Å². The Morgan fingerprint density at radius 1 is 1.06 bits per heavy atom. The molecule has 170 valence electrons. The van der Waals surface area contributed by atoms with E-state index in [4.69, 9.17) is 4.74 Å². The fourth-order valence-electron chi connectivity index (χ4n) is 4.31. The molecule has 1 atom stereocenters. The van der Waals surface area contributed by atoms with Crippen LogP contribution in [-0.4, -0.2) is 47.4 Å². The number of carbonyl (C=O) groups is 2. The number of halogens is 1. The highest BCUT2D eigenvalue weighted by molar-refractivity contribution is 7.10. The van der Waals surface area contributed by atoms with Gasteiger partial charge in [-0.15, -0.1) is 11.3 Å². The minimum Gasteiger partial charge on any atom is -0.491 e. The summed E-state index contributed by atoms with van der Waals surface area (Å²) in [4.78, 5) is 31.4. The number of nitrogens with zero attached hydrogens (tertiary/aromatic N) is 2. The Labute approximate surface area is 196 Å². The molecule has 0 spiro atoms. The van der Waals surface area contributed by atoms with Crippen molar-refractivity contribution in [3.05, 3.63) is 87.9 Å². The van der Waals surface area contributed by atoms with Gasteiger partial charge in [0.15, 0.2) is 0 Å². The van der Waals surface area contributed by atoms with Gasteiger partial charge < -0.3 is 14.5 Å². The largest absolute Gasteiger partial charge is 0.491 e. The third-order valence-electron chi connectivity index (χ3n) is 6.21. The average Bonchev–Trinajstić information content (AvgIpc) is 3.57. The van der Waals surface area contributed by atoms with Gasteiger partial charge in [-0.1, -0.05) is 18.2 Å². The van der Waals surface area contributed by atoms with Crippen LogP contribution in [0.15, 0.2) is 66.0 Å². The fraction of sp³-hybridized carbons (Fsp3) is 0.308. The number of amides is 2. The maximum absolute atomic E-state index is 13.5. The first-order valence-corrected chi connectivity index (χ1v) is 12.1. The predicted molar refractivity (Wildman–Crippen MR) is 125 cm³/mol. The summed E-state index contributed by atoms with van der Waals surface area (Å²) >= 11 is 1.71. The minimum atomic E-state index is -0.387. The molecule has 0 unspecified atom stereocenters.